The number of aromatic nitrogens is 1. The lowest BCUT2D eigenvalue weighted by molar-refractivity contribution is 0.0946. The standard InChI is InChI=1S/C19H19N3O3/c1-24-16-6-4-14(5-7-16)12-22-19(23)18-11-15(8-9-20-18)21-13-17-3-2-10-25-17/h2-11H,12-13H2,1H3,(H,20,21)(H,22,23). The number of carbonyl (C=O) groups is 1. The maximum atomic E-state index is 12.3. The zero-order valence-corrected chi connectivity index (χ0v) is 13.9. The van der Waals surface area contributed by atoms with Crippen LogP contribution in [0.3, 0.4) is 0 Å². The minimum atomic E-state index is -0.225. The van der Waals surface area contributed by atoms with Gasteiger partial charge in [-0.05, 0) is 42.0 Å². The van der Waals surface area contributed by atoms with Crippen LogP contribution in [0, 0.1) is 0 Å². The molecule has 0 saturated heterocycles. The van der Waals surface area contributed by atoms with Crippen LogP contribution in [0.4, 0.5) is 5.69 Å². The van der Waals surface area contributed by atoms with Gasteiger partial charge in [-0.1, -0.05) is 12.1 Å². The number of benzene rings is 1. The van der Waals surface area contributed by atoms with E-state index in [2.05, 4.69) is 15.6 Å². The zero-order valence-electron chi connectivity index (χ0n) is 13.9. The smallest absolute Gasteiger partial charge is 0.270 e. The summed E-state index contributed by atoms with van der Waals surface area (Å²) >= 11 is 0. The molecule has 3 aromatic rings. The highest BCUT2D eigenvalue weighted by molar-refractivity contribution is 5.93. The Kier molecular flexibility index (Phi) is 5.31. The maximum absolute atomic E-state index is 12.3. The molecule has 0 aliphatic rings. The van der Waals surface area contributed by atoms with E-state index in [0.717, 1.165) is 22.8 Å². The van der Waals surface area contributed by atoms with Crippen molar-refractivity contribution in [2.45, 2.75) is 13.1 Å². The summed E-state index contributed by atoms with van der Waals surface area (Å²) in [6.07, 6.45) is 3.23. The molecule has 25 heavy (non-hydrogen) atoms. The number of pyridine rings is 1. The van der Waals surface area contributed by atoms with Crippen molar-refractivity contribution < 1.29 is 13.9 Å². The molecule has 0 saturated carbocycles. The Morgan fingerprint density at radius 2 is 2.00 bits per heavy atom. The van der Waals surface area contributed by atoms with Crippen LogP contribution in [0.2, 0.25) is 0 Å². The second-order valence-corrected chi connectivity index (χ2v) is 5.39. The molecule has 0 fully saturated rings. The van der Waals surface area contributed by atoms with Gasteiger partial charge in [-0.15, -0.1) is 0 Å². The van der Waals surface area contributed by atoms with Crippen molar-refractivity contribution >= 4 is 11.6 Å². The van der Waals surface area contributed by atoms with E-state index in [0.29, 0.717) is 18.8 Å². The highest BCUT2D eigenvalue weighted by Gasteiger charge is 2.08. The van der Waals surface area contributed by atoms with Crippen molar-refractivity contribution in [3.8, 4) is 5.75 Å². The molecule has 2 heterocycles. The van der Waals surface area contributed by atoms with Crippen molar-refractivity contribution in [2.24, 2.45) is 0 Å². The largest absolute Gasteiger partial charge is 0.497 e. The molecule has 0 atom stereocenters. The highest BCUT2D eigenvalue weighted by atomic mass is 16.5. The highest BCUT2D eigenvalue weighted by Crippen LogP contribution is 2.12. The van der Waals surface area contributed by atoms with Crippen molar-refractivity contribution in [3.63, 3.8) is 0 Å². The lowest BCUT2D eigenvalue weighted by Crippen LogP contribution is -2.23. The first kappa shape index (κ1) is 16.6. The maximum Gasteiger partial charge on any atom is 0.270 e. The monoisotopic (exact) mass is 337 g/mol. The predicted molar refractivity (Wildman–Crippen MR) is 94.4 cm³/mol. The Bertz CT molecular complexity index is 814. The van der Waals surface area contributed by atoms with Gasteiger partial charge in [0, 0.05) is 18.4 Å². The number of furan rings is 1. The minimum Gasteiger partial charge on any atom is -0.497 e. The number of nitrogens with zero attached hydrogens (tertiary/aromatic N) is 1. The lowest BCUT2D eigenvalue weighted by atomic mass is 10.2. The molecule has 3 rings (SSSR count). The molecule has 0 aliphatic carbocycles. The summed E-state index contributed by atoms with van der Waals surface area (Å²) in [5.41, 5.74) is 2.15. The Hall–Kier alpha value is -3.28. The second-order valence-electron chi connectivity index (χ2n) is 5.39. The molecule has 1 aromatic carbocycles. The summed E-state index contributed by atoms with van der Waals surface area (Å²) < 4.78 is 10.4. The van der Waals surface area contributed by atoms with Crippen molar-refractivity contribution in [3.05, 3.63) is 78.0 Å². The van der Waals surface area contributed by atoms with E-state index in [1.165, 1.54) is 0 Å². The molecule has 0 radical (unpaired) electrons. The molecular formula is C19H19N3O3. The SMILES string of the molecule is COc1ccc(CNC(=O)c2cc(NCc3ccco3)ccn2)cc1. The Morgan fingerprint density at radius 3 is 2.72 bits per heavy atom. The number of hydrogen-bond donors (Lipinski definition) is 2. The number of methoxy groups -OCH3 is 1. The molecule has 2 aromatic heterocycles. The van der Waals surface area contributed by atoms with E-state index in [9.17, 15) is 4.79 Å². The van der Waals surface area contributed by atoms with Crippen LogP contribution >= 0.6 is 0 Å². The van der Waals surface area contributed by atoms with Crippen LogP contribution < -0.4 is 15.4 Å². The molecule has 6 heteroatoms. The van der Waals surface area contributed by atoms with Gasteiger partial charge in [0.05, 0.1) is 19.9 Å². The molecule has 0 bridgehead atoms. The molecule has 2 N–H and O–H groups in total. The normalized spacial score (nSPS) is 10.3. The van der Waals surface area contributed by atoms with E-state index in [4.69, 9.17) is 9.15 Å². The Labute approximate surface area is 145 Å². The summed E-state index contributed by atoms with van der Waals surface area (Å²) in [7, 11) is 1.62. The average Bonchev–Trinajstić information content (AvgIpc) is 3.19. The van der Waals surface area contributed by atoms with Gasteiger partial charge < -0.3 is 19.8 Å². The van der Waals surface area contributed by atoms with Crippen molar-refractivity contribution in [1.82, 2.24) is 10.3 Å². The first-order chi connectivity index (χ1) is 12.2. The number of nitrogens with one attached hydrogen (secondary N) is 2. The van der Waals surface area contributed by atoms with Crippen LogP contribution in [0.25, 0.3) is 0 Å². The average molecular weight is 337 g/mol. The summed E-state index contributed by atoms with van der Waals surface area (Å²) in [6.45, 7) is 0.971. The fourth-order valence-electron chi connectivity index (χ4n) is 2.28. The molecule has 6 nitrogen and oxygen atoms in total. The van der Waals surface area contributed by atoms with Gasteiger partial charge in [0.15, 0.2) is 0 Å². The van der Waals surface area contributed by atoms with E-state index in [-0.39, 0.29) is 5.91 Å². The number of rotatable bonds is 7. The molecule has 0 unspecified atom stereocenters. The number of carbonyl (C=O) groups excluding carboxylic acids is 1. The van der Waals surface area contributed by atoms with Crippen molar-refractivity contribution in [2.75, 3.05) is 12.4 Å². The van der Waals surface area contributed by atoms with Crippen LogP contribution in [-0.2, 0) is 13.1 Å². The number of anilines is 1. The van der Waals surface area contributed by atoms with Crippen molar-refractivity contribution in [1.29, 1.82) is 0 Å². The van der Waals surface area contributed by atoms with Gasteiger partial charge in [0.2, 0.25) is 0 Å². The minimum absolute atomic E-state index is 0.225. The summed E-state index contributed by atoms with van der Waals surface area (Å²) in [4.78, 5) is 16.4. The first-order valence-electron chi connectivity index (χ1n) is 7.88. The third-order valence-corrected chi connectivity index (χ3v) is 3.65. The van der Waals surface area contributed by atoms with E-state index in [1.54, 1.807) is 25.6 Å². The van der Waals surface area contributed by atoms with Gasteiger partial charge >= 0.3 is 0 Å². The second kappa shape index (κ2) is 8.01. The van der Waals surface area contributed by atoms with Gasteiger partial charge in [0.1, 0.15) is 17.2 Å². The molecule has 128 valence electrons. The van der Waals surface area contributed by atoms with Gasteiger partial charge in [-0.2, -0.15) is 0 Å². The van der Waals surface area contributed by atoms with Crippen LogP contribution in [0.5, 0.6) is 5.75 Å². The predicted octanol–water partition coefficient (Wildman–Crippen LogP) is 3.23. The number of hydrogen-bond acceptors (Lipinski definition) is 5. The van der Waals surface area contributed by atoms with Gasteiger partial charge in [-0.25, -0.2) is 0 Å². The topological polar surface area (TPSA) is 76.4 Å². The molecule has 0 spiro atoms. The summed E-state index contributed by atoms with van der Waals surface area (Å²) in [6, 6.07) is 14.8. The van der Waals surface area contributed by atoms with Crippen LogP contribution in [0.1, 0.15) is 21.8 Å². The van der Waals surface area contributed by atoms with Crippen LogP contribution in [-0.4, -0.2) is 18.0 Å². The number of amides is 1. The molecular weight excluding hydrogens is 318 g/mol. The zero-order chi connectivity index (χ0) is 17.5. The first-order valence-corrected chi connectivity index (χ1v) is 7.88. The third kappa shape index (κ3) is 4.60. The van der Waals surface area contributed by atoms with E-state index < -0.39 is 0 Å². The van der Waals surface area contributed by atoms with Crippen LogP contribution in [0.15, 0.2) is 65.4 Å². The summed E-state index contributed by atoms with van der Waals surface area (Å²) in [5.74, 6) is 1.38. The Morgan fingerprint density at radius 1 is 1.16 bits per heavy atom. The molecule has 1 amide bonds. The number of ether oxygens (including phenoxy) is 1. The summed E-state index contributed by atoms with van der Waals surface area (Å²) in [5, 5.41) is 6.06. The third-order valence-electron chi connectivity index (χ3n) is 3.65. The van der Waals surface area contributed by atoms with E-state index in [1.807, 2.05) is 42.5 Å². The quantitative estimate of drug-likeness (QED) is 0.692. The van der Waals surface area contributed by atoms with E-state index >= 15 is 0 Å². The fourth-order valence-corrected chi connectivity index (χ4v) is 2.28. The fraction of sp³-hybridized carbons (Fsp3) is 0.158. The Balaban J connectivity index is 1.56. The van der Waals surface area contributed by atoms with Gasteiger partial charge in [0.25, 0.3) is 5.91 Å². The lowest BCUT2D eigenvalue weighted by Gasteiger charge is -2.08. The molecule has 0 aliphatic heterocycles. The van der Waals surface area contributed by atoms with Gasteiger partial charge in [-0.3, -0.25) is 9.78 Å².